The van der Waals surface area contributed by atoms with E-state index < -0.39 is 0 Å². The Kier molecular flexibility index (Phi) is 5.86. The van der Waals surface area contributed by atoms with E-state index in [1.165, 1.54) is 0 Å². The maximum absolute atomic E-state index is 5.95. The van der Waals surface area contributed by atoms with Gasteiger partial charge in [0.15, 0.2) is 0 Å². The van der Waals surface area contributed by atoms with Gasteiger partial charge in [0.1, 0.15) is 22.8 Å². The van der Waals surface area contributed by atoms with E-state index in [-0.39, 0.29) is 5.37 Å². The summed E-state index contributed by atoms with van der Waals surface area (Å²) >= 11 is 8.79. The van der Waals surface area contributed by atoms with Crippen LogP contribution in [-0.2, 0) is 6.61 Å². The molecule has 0 amide bonds. The highest BCUT2D eigenvalue weighted by atomic mass is 79.9. The van der Waals surface area contributed by atoms with Crippen LogP contribution < -0.4 is 10.2 Å². The molecule has 3 nitrogen and oxygen atoms in total. The number of thioether (sulfide) groups is 1. The van der Waals surface area contributed by atoms with Crippen molar-refractivity contribution in [1.82, 2.24) is 5.43 Å². The molecule has 3 aromatic carbocycles. The molecule has 27 heavy (non-hydrogen) atoms. The van der Waals surface area contributed by atoms with Gasteiger partial charge >= 0.3 is 0 Å². The summed E-state index contributed by atoms with van der Waals surface area (Å²) < 4.78 is 7.96. The molecule has 0 spiro atoms. The van der Waals surface area contributed by atoms with E-state index in [0.717, 1.165) is 36.4 Å². The first-order valence-electron chi connectivity index (χ1n) is 8.41. The molecule has 6 heteroatoms. The minimum absolute atomic E-state index is 0.0945. The standard InChI is InChI=1S/C21H16Br2N2OS/c22-17-9-6-14(7-10-17)13-26-19-11-8-16(12-18(19)23)21-25-24-20(27-21)15-4-2-1-3-5-15/h1-12,21,25H,13H2/t21-/m0/s1. The van der Waals surface area contributed by atoms with Gasteiger partial charge in [0.2, 0.25) is 0 Å². The summed E-state index contributed by atoms with van der Waals surface area (Å²) in [5.74, 6) is 0.828. The molecule has 1 heterocycles. The molecule has 0 bridgehead atoms. The summed E-state index contributed by atoms with van der Waals surface area (Å²) in [5.41, 5.74) is 6.63. The van der Waals surface area contributed by atoms with E-state index in [9.17, 15) is 0 Å². The third-order valence-electron chi connectivity index (χ3n) is 4.10. The maximum atomic E-state index is 5.95. The zero-order valence-corrected chi connectivity index (χ0v) is 18.2. The molecule has 1 aliphatic rings. The Morgan fingerprint density at radius 1 is 0.963 bits per heavy atom. The molecule has 0 aliphatic carbocycles. The monoisotopic (exact) mass is 502 g/mol. The molecule has 1 aliphatic heterocycles. The van der Waals surface area contributed by atoms with Crippen LogP contribution in [0.4, 0.5) is 0 Å². The Morgan fingerprint density at radius 2 is 1.74 bits per heavy atom. The van der Waals surface area contributed by atoms with Gasteiger partial charge in [-0.05, 0) is 51.3 Å². The first-order valence-corrected chi connectivity index (χ1v) is 10.9. The fourth-order valence-electron chi connectivity index (χ4n) is 2.68. The van der Waals surface area contributed by atoms with E-state index in [2.05, 4.69) is 66.7 Å². The highest BCUT2D eigenvalue weighted by molar-refractivity contribution is 9.10. The van der Waals surface area contributed by atoms with Gasteiger partial charge in [0.25, 0.3) is 0 Å². The Labute approximate surface area is 179 Å². The predicted molar refractivity (Wildman–Crippen MR) is 119 cm³/mol. The first-order chi connectivity index (χ1) is 13.2. The molecule has 0 saturated heterocycles. The van der Waals surface area contributed by atoms with Gasteiger partial charge in [-0.3, -0.25) is 5.43 Å². The van der Waals surface area contributed by atoms with Crippen molar-refractivity contribution in [3.8, 4) is 5.75 Å². The maximum Gasteiger partial charge on any atom is 0.134 e. The second-order valence-electron chi connectivity index (χ2n) is 6.01. The molecule has 0 aromatic heterocycles. The topological polar surface area (TPSA) is 33.6 Å². The van der Waals surface area contributed by atoms with Crippen molar-refractivity contribution in [3.05, 3.63) is 98.4 Å². The molecular weight excluding hydrogens is 488 g/mol. The second-order valence-corrected chi connectivity index (χ2v) is 8.88. The normalized spacial score (nSPS) is 15.9. The molecule has 0 fully saturated rings. The van der Waals surface area contributed by atoms with E-state index in [1.54, 1.807) is 11.8 Å². The Hall–Kier alpha value is -1.76. The van der Waals surface area contributed by atoms with Gasteiger partial charge < -0.3 is 4.74 Å². The van der Waals surface area contributed by atoms with Gasteiger partial charge in [-0.15, -0.1) is 0 Å². The highest BCUT2D eigenvalue weighted by Gasteiger charge is 2.22. The van der Waals surface area contributed by atoms with Crippen molar-refractivity contribution in [2.75, 3.05) is 0 Å². The lowest BCUT2D eigenvalue weighted by molar-refractivity contribution is 0.304. The van der Waals surface area contributed by atoms with Gasteiger partial charge in [-0.2, -0.15) is 5.10 Å². The number of nitrogens with one attached hydrogen (secondary N) is 1. The zero-order valence-electron chi connectivity index (χ0n) is 14.2. The smallest absolute Gasteiger partial charge is 0.134 e. The van der Waals surface area contributed by atoms with Crippen LogP contribution in [0.1, 0.15) is 22.1 Å². The Balaban J connectivity index is 1.41. The molecule has 1 N–H and O–H groups in total. The van der Waals surface area contributed by atoms with Gasteiger partial charge in [0, 0.05) is 10.0 Å². The number of hydrogen-bond donors (Lipinski definition) is 1. The van der Waals surface area contributed by atoms with Crippen LogP contribution in [-0.4, -0.2) is 5.04 Å². The number of ether oxygens (including phenoxy) is 1. The largest absolute Gasteiger partial charge is 0.488 e. The van der Waals surface area contributed by atoms with Crippen molar-refractivity contribution in [3.63, 3.8) is 0 Å². The van der Waals surface area contributed by atoms with E-state index in [0.29, 0.717) is 6.61 Å². The Bertz CT molecular complexity index is 962. The van der Waals surface area contributed by atoms with E-state index >= 15 is 0 Å². The van der Waals surface area contributed by atoms with Crippen LogP contribution in [0.5, 0.6) is 5.75 Å². The average molecular weight is 504 g/mol. The van der Waals surface area contributed by atoms with Crippen LogP contribution >= 0.6 is 43.6 Å². The number of benzene rings is 3. The van der Waals surface area contributed by atoms with E-state index in [4.69, 9.17) is 4.74 Å². The summed E-state index contributed by atoms with van der Waals surface area (Å²) in [7, 11) is 0. The van der Waals surface area contributed by atoms with Crippen LogP contribution in [0.15, 0.2) is 86.8 Å². The number of nitrogens with zero attached hydrogens (tertiary/aromatic N) is 1. The zero-order chi connectivity index (χ0) is 18.6. The molecule has 0 saturated carbocycles. The number of hydrogen-bond acceptors (Lipinski definition) is 4. The van der Waals surface area contributed by atoms with Crippen LogP contribution in [0.2, 0.25) is 0 Å². The predicted octanol–water partition coefficient (Wildman–Crippen LogP) is 6.49. The molecular formula is C21H16Br2N2OS. The molecule has 3 aromatic rings. The van der Waals surface area contributed by atoms with Gasteiger partial charge in [0.05, 0.1) is 4.47 Å². The second kappa shape index (κ2) is 8.50. The first kappa shape index (κ1) is 18.6. The van der Waals surface area contributed by atoms with Crippen LogP contribution in [0.25, 0.3) is 0 Å². The fourth-order valence-corrected chi connectivity index (χ4v) is 4.44. The lowest BCUT2D eigenvalue weighted by atomic mass is 10.2. The minimum atomic E-state index is 0.0945. The number of rotatable bonds is 5. The van der Waals surface area contributed by atoms with E-state index in [1.807, 2.05) is 48.5 Å². The summed E-state index contributed by atoms with van der Waals surface area (Å²) in [4.78, 5) is 0. The van der Waals surface area contributed by atoms with Crippen molar-refractivity contribution in [1.29, 1.82) is 0 Å². The van der Waals surface area contributed by atoms with Crippen molar-refractivity contribution >= 4 is 48.7 Å². The molecule has 4 rings (SSSR count). The van der Waals surface area contributed by atoms with Crippen LogP contribution in [0, 0.1) is 0 Å². The summed E-state index contributed by atoms with van der Waals surface area (Å²) in [6.45, 7) is 0.531. The molecule has 1 atom stereocenters. The molecule has 0 radical (unpaired) electrons. The molecule has 136 valence electrons. The van der Waals surface area contributed by atoms with Crippen LogP contribution in [0.3, 0.4) is 0 Å². The number of hydrazone groups is 1. The number of halogens is 2. The van der Waals surface area contributed by atoms with Crippen molar-refractivity contribution < 1.29 is 4.74 Å². The third-order valence-corrected chi connectivity index (χ3v) is 6.41. The Morgan fingerprint density at radius 3 is 2.48 bits per heavy atom. The average Bonchev–Trinajstić information content (AvgIpc) is 3.19. The third kappa shape index (κ3) is 4.57. The summed E-state index contributed by atoms with van der Waals surface area (Å²) in [6.07, 6.45) is 0. The summed E-state index contributed by atoms with van der Waals surface area (Å²) in [6, 6.07) is 24.5. The lowest BCUT2D eigenvalue weighted by Gasteiger charge is -2.13. The van der Waals surface area contributed by atoms with Gasteiger partial charge in [-0.25, -0.2) is 0 Å². The van der Waals surface area contributed by atoms with Gasteiger partial charge in [-0.1, -0.05) is 76.2 Å². The highest BCUT2D eigenvalue weighted by Crippen LogP contribution is 2.37. The van der Waals surface area contributed by atoms with Crippen molar-refractivity contribution in [2.24, 2.45) is 5.10 Å². The minimum Gasteiger partial charge on any atom is -0.488 e. The molecule has 0 unspecified atom stereocenters. The fraction of sp³-hybridized carbons (Fsp3) is 0.0952. The SMILES string of the molecule is Brc1ccc(COc2ccc([C@H]3NN=C(c4ccccc4)S3)cc2Br)cc1. The quantitative estimate of drug-likeness (QED) is 0.432. The summed E-state index contributed by atoms with van der Waals surface area (Å²) in [5, 5.41) is 5.58. The van der Waals surface area contributed by atoms with Crippen molar-refractivity contribution in [2.45, 2.75) is 12.0 Å². The lowest BCUT2D eigenvalue weighted by Crippen LogP contribution is -2.06.